The monoisotopic (exact) mass is 501 g/mol. The summed E-state index contributed by atoms with van der Waals surface area (Å²) in [6.07, 6.45) is -1.30. The highest BCUT2D eigenvalue weighted by Gasteiger charge is 2.27. The van der Waals surface area contributed by atoms with Gasteiger partial charge < -0.3 is 19.5 Å². The van der Waals surface area contributed by atoms with Crippen LogP contribution in [0, 0.1) is 26.1 Å². The maximum Gasteiger partial charge on any atom is 0.437 e. The second kappa shape index (κ2) is 12.2. The van der Waals surface area contributed by atoms with Gasteiger partial charge in [-0.1, -0.05) is 0 Å². The van der Waals surface area contributed by atoms with Gasteiger partial charge in [-0.05, 0) is 41.8 Å². The van der Waals surface area contributed by atoms with E-state index < -0.39 is 22.0 Å². The van der Waals surface area contributed by atoms with Crippen LogP contribution in [-0.2, 0) is 22.7 Å². The number of alkyl carbamates (subject to hydrolysis) is 1. The summed E-state index contributed by atoms with van der Waals surface area (Å²) in [5.41, 5.74) is 0.813. The topological polar surface area (TPSA) is 187 Å². The Kier molecular flexibility index (Phi) is 8.83. The number of ether oxygens (including phenoxy) is 2. The Labute approximate surface area is 204 Å². The van der Waals surface area contributed by atoms with E-state index in [1.54, 1.807) is 4.90 Å². The molecule has 0 aliphatic carbocycles. The van der Waals surface area contributed by atoms with Crippen molar-refractivity contribution in [3.8, 4) is 0 Å². The molecule has 0 bridgehead atoms. The number of carbonyl (C=O) groups is 2. The fraction of sp³-hybridized carbons (Fsp3) is 0.318. The van der Waals surface area contributed by atoms with Crippen molar-refractivity contribution in [2.75, 3.05) is 19.7 Å². The van der Waals surface area contributed by atoms with E-state index in [1.807, 2.05) is 0 Å². The Morgan fingerprint density at radius 3 is 1.97 bits per heavy atom. The van der Waals surface area contributed by atoms with Crippen LogP contribution in [0.3, 0.4) is 0 Å². The maximum absolute atomic E-state index is 12.4. The largest absolute Gasteiger partial charge is 0.444 e. The standard InChI is InChI=1S/C22H23N5O9/c28-12-17-9-10-25(11-17)20(23-21(29)35-13-15-1-5-18(6-2-15)26(31)32)24-22(30)36-14-16-3-7-19(8-4-16)27(33)34/h1-8,17,28H,9-14H2,(H,23,24,29,30)/t17-/m1/s1. The molecule has 190 valence electrons. The molecule has 1 aliphatic heterocycles. The number of likely N-dealkylation sites (tertiary alicyclic amines) is 1. The number of non-ortho nitro benzene ring substituents is 2. The van der Waals surface area contributed by atoms with Gasteiger partial charge >= 0.3 is 12.2 Å². The average Bonchev–Trinajstić information content (AvgIpc) is 3.36. The van der Waals surface area contributed by atoms with Crippen molar-refractivity contribution in [3.63, 3.8) is 0 Å². The number of rotatable bonds is 7. The first-order valence-corrected chi connectivity index (χ1v) is 10.8. The molecular weight excluding hydrogens is 478 g/mol. The number of nitro groups is 2. The zero-order valence-electron chi connectivity index (χ0n) is 18.9. The van der Waals surface area contributed by atoms with Crippen LogP contribution in [-0.4, -0.2) is 57.7 Å². The summed E-state index contributed by atoms with van der Waals surface area (Å²) in [6, 6.07) is 10.9. The van der Waals surface area contributed by atoms with Crippen LogP contribution in [0.4, 0.5) is 21.0 Å². The Morgan fingerprint density at radius 1 is 0.972 bits per heavy atom. The molecule has 2 amide bonds. The van der Waals surface area contributed by atoms with E-state index in [9.17, 15) is 34.9 Å². The first-order valence-electron chi connectivity index (χ1n) is 10.8. The molecule has 1 fully saturated rings. The minimum absolute atomic E-state index is 0.0655. The van der Waals surface area contributed by atoms with Crippen molar-refractivity contribution in [2.45, 2.75) is 19.6 Å². The molecule has 0 unspecified atom stereocenters. The van der Waals surface area contributed by atoms with Crippen LogP contribution >= 0.6 is 0 Å². The fourth-order valence-electron chi connectivity index (χ4n) is 3.32. The highest BCUT2D eigenvalue weighted by molar-refractivity contribution is 5.98. The lowest BCUT2D eigenvalue weighted by Crippen LogP contribution is -2.44. The number of benzene rings is 2. The Balaban J connectivity index is 1.61. The summed E-state index contributed by atoms with van der Waals surface area (Å²) in [4.78, 5) is 50.5. The third-order valence-electron chi connectivity index (χ3n) is 5.28. The van der Waals surface area contributed by atoms with Crippen molar-refractivity contribution in [2.24, 2.45) is 10.9 Å². The van der Waals surface area contributed by atoms with E-state index in [0.29, 0.717) is 30.6 Å². The molecular formula is C22H23N5O9. The minimum atomic E-state index is -1.01. The molecule has 2 aromatic carbocycles. The van der Waals surface area contributed by atoms with Crippen LogP contribution in [0.25, 0.3) is 0 Å². The SMILES string of the molecule is O=C(/N=C(\NC(=O)OCc1ccc([N+](=O)[O-])cc1)N1CC[C@@H](CO)C1)OCc1ccc([N+](=O)[O-])cc1. The lowest BCUT2D eigenvalue weighted by Gasteiger charge is -2.20. The molecule has 0 spiro atoms. The van der Waals surface area contributed by atoms with Gasteiger partial charge in [0.1, 0.15) is 13.2 Å². The van der Waals surface area contributed by atoms with Gasteiger partial charge in [-0.2, -0.15) is 0 Å². The van der Waals surface area contributed by atoms with Crippen LogP contribution in [0.15, 0.2) is 53.5 Å². The number of nitro benzene ring substituents is 2. The molecule has 14 nitrogen and oxygen atoms in total. The number of aliphatic imine (C=N–C) groups is 1. The van der Waals surface area contributed by atoms with E-state index in [0.717, 1.165) is 0 Å². The molecule has 2 N–H and O–H groups in total. The number of carbonyl (C=O) groups excluding carboxylic acids is 2. The predicted molar refractivity (Wildman–Crippen MR) is 124 cm³/mol. The minimum Gasteiger partial charge on any atom is -0.444 e. The third-order valence-corrected chi connectivity index (χ3v) is 5.28. The van der Waals surface area contributed by atoms with Gasteiger partial charge in [0.05, 0.1) is 9.85 Å². The molecule has 0 saturated carbocycles. The van der Waals surface area contributed by atoms with Gasteiger partial charge in [0.15, 0.2) is 0 Å². The van der Waals surface area contributed by atoms with Crippen molar-refractivity contribution in [3.05, 3.63) is 79.9 Å². The fourth-order valence-corrected chi connectivity index (χ4v) is 3.32. The molecule has 1 aliphatic rings. The van der Waals surface area contributed by atoms with Crippen molar-refractivity contribution < 1.29 is 34.0 Å². The Bertz CT molecular complexity index is 1140. The highest BCUT2D eigenvalue weighted by Crippen LogP contribution is 2.17. The van der Waals surface area contributed by atoms with Gasteiger partial charge in [-0.15, -0.1) is 4.99 Å². The van der Waals surface area contributed by atoms with E-state index in [4.69, 9.17) is 9.47 Å². The van der Waals surface area contributed by atoms with Crippen LogP contribution < -0.4 is 5.32 Å². The van der Waals surface area contributed by atoms with Gasteiger partial charge in [-0.3, -0.25) is 25.5 Å². The number of aliphatic hydroxyl groups is 1. The van der Waals surface area contributed by atoms with Crippen molar-refractivity contribution >= 4 is 29.5 Å². The van der Waals surface area contributed by atoms with E-state index >= 15 is 0 Å². The average molecular weight is 501 g/mol. The van der Waals surface area contributed by atoms with E-state index in [1.165, 1.54) is 48.5 Å². The lowest BCUT2D eigenvalue weighted by molar-refractivity contribution is -0.385. The molecule has 36 heavy (non-hydrogen) atoms. The molecule has 3 rings (SSSR count). The van der Waals surface area contributed by atoms with Crippen LogP contribution in [0.5, 0.6) is 0 Å². The molecule has 0 aromatic heterocycles. The number of hydrogen-bond donors (Lipinski definition) is 2. The number of amides is 2. The molecule has 14 heteroatoms. The van der Waals surface area contributed by atoms with Crippen LogP contribution in [0.2, 0.25) is 0 Å². The summed E-state index contributed by atoms with van der Waals surface area (Å²) in [6.45, 7) is 0.313. The first-order chi connectivity index (χ1) is 17.2. The maximum atomic E-state index is 12.4. The summed E-state index contributed by atoms with van der Waals surface area (Å²) in [5.74, 6) is -0.183. The van der Waals surface area contributed by atoms with E-state index in [-0.39, 0.29) is 43.1 Å². The molecule has 1 atom stereocenters. The first kappa shape index (κ1) is 26.0. The number of aliphatic hydroxyl groups excluding tert-OH is 1. The number of hydrogen-bond acceptors (Lipinski definition) is 9. The zero-order chi connectivity index (χ0) is 26.1. The van der Waals surface area contributed by atoms with Gasteiger partial charge in [0.2, 0.25) is 5.96 Å². The molecule has 1 heterocycles. The van der Waals surface area contributed by atoms with Crippen molar-refractivity contribution in [1.82, 2.24) is 10.2 Å². The second-order valence-electron chi connectivity index (χ2n) is 7.82. The normalized spacial score (nSPS) is 15.3. The smallest absolute Gasteiger partial charge is 0.437 e. The van der Waals surface area contributed by atoms with Gasteiger partial charge in [0.25, 0.3) is 11.4 Å². The summed E-state index contributed by atoms with van der Waals surface area (Å²) in [5, 5.41) is 33.3. The van der Waals surface area contributed by atoms with Crippen molar-refractivity contribution in [1.29, 1.82) is 0 Å². The number of nitrogens with one attached hydrogen (secondary N) is 1. The summed E-state index contributed by atoms with van der Waals surface area (Å²) < 4.78 is 10.2. The highest BCUT2D eigenvalue weighted by atomic mass is 16.6. The Morgan fingerprint density at radius 2 is 1.50 bits per heavy atom. The second-order valence-corrected chi connectivity index (χ2v) is 7.82. The quantitative estimate of drug-likeness (QED) is 0.247. The molecule has 1 saturated heterocycles. The van der Waals surface area contributed by atoms with Crippen LogP contribution in [0.1, 0.15) is 17.5 Å². The number of guanidine groups is 1. The molecule has 0 radical (unpaired) electrons. The van der Waals surface area contributed by atoms with Gasteiger partial charge in [0, 0.05) is 49.9 Å². The van der Waals surface area contributed by atoms with E-state index in [2.05, 4.69) is 10.3 Å². The lowest BCUT2D eigenvalue weighted by atomic mass is 10.1. The number of nitrogens with zero attached hydrogens (tertiary/aromatic N) is 4. The molecule has 2 aromatic rings. The summed E-state index contributed by atoms with van der Waals surface area (Å²) in [7, 11) is 0. The third kappa shape index (κ3) is 7.46. The zero-order valence-corrected chi connectivity index (χ0v) is 18.9. The predicted octanol–water partition coefficient (Wildman–Crippen LogP) is 2.74. The Hall–Kier alpha value is -4.59. The summed E-state index contributed by atoms with van der Waals surface area (Å²) >= 11 is 0. The van der Waals surface area contributed by atoms with Gasteiger partial charge in [-0.25, -0.2) is 9.59 Å².